The van der Waals surface area contributed by atoms with Crippen LogP contribution in [0.1, 0.15) is 12.5 Å². The van der Waals surface area contributed by atoms with E-state index in [0.29, 0.717) is 0 Å². The molecule has 0 fully saturated rings. The molecule has 1 aromatic rings. The van der Waals surface area contributed by atoms with Crippen LogP contribution in [-0.4, -0.2) is 25.7 Å². The van der Waals surface area contributed by atoms with Crippen molar-refractivity contribution in [2.24, 2.45) is 0 Å². The number of benzene rings is 1. The van der Waals surface area contributed by atoms with Crippen molar-refractivity contribution in [2.45, 2.75) is 24.3 Å². The molecule has 1 rings (SSSR count). The molecule has 92 valence electrons. The summed E-state index contributed by atoms with van der Waals surface area (Å²) in [5.41, 5.74) is -0.517. The minimum Gasteiger partial charge on any atom is -0.377 e. The minimum absolute atomic E-state index is 0.149. The summed E-state index contributed by atoms with van der Waals surface area (Å²) >= 11 is 0. The zero-order valence-corrected chi connectivity index (χ0v) is 10.6. The number of aliphatic hydroxyl groups is 1. The van der Waals surface area contributed by atoms with Gasteiger partial charge in [0.2, 0.25) is 10.0 Å². The first-order valence-corrected chi connectivity index (χ1v) is 6.52. The van der Waals surface area contributed by atoms with Gasteiger partial charge < -0.3 is 5.11 Å². The highest BCUT2D eigenvalue weighted by Gasteiger charge is 2.21. The Labute approximate surface area is 102 Å². The third-order valence-electron chi connectivity index (χ3n) is 2.25. The Morgan fingerprint density at radius 1 is 1.41 bits per heavy atom. The van der Waals surface area contributed by atoms with Crippen LogP contribution in [0.3, 0.4) is 0 Å². The Hall–Kier alpha value is -1.35. The molecule has 0 saturated heterocycles. The molecule has 0 saturated carbocycles. The number of rotatable bonds is 4. The standard InChI is InChI=1S/C12H15NO3S/c1-4-12(3,14)9-13-17(15,16)11-7-5-10(2)6-8-11/h1,5-8,13-14H,9H2,2-3H3. The van der Waals surface area contributed by atoms with E-state index < -0.39 is 15.6 Å². The maximum absolute atomic E-state index is 11.8. The van der Waals surface area contributed by atoms with Gasteiger partial charge in [-0.3, -0.25) is 0 Å². The Balaban J connectivity index is 2.84. The molecule has 0 aliphatic heterocycles. The first kappa shape index (κ1) is 13.7. The van der Waals surface area contributed by atoms with Gasteiger partial charge in [-0.25, -0.2) is 13.1 Å². The second-order valence-electron chi connectivity index (χ2n) is 4.06. The molecule has 0 spiro atoms. The average Bonchev–Trinajstić information content (AvgIpc) is 2.27. The van der Waals surface area contributed by atoms with E-state index in [1.807, 2.05) is 6.92 Å². The van der Waals surface area contributed by atoms with Crippen LogP contribution in [0, 0.1) is 19.3 Å². The maximum atomic E-state index is 11.8. The van der Waals surface area contributed by atoms with Crippen LogP contribution in [0.15, 0.2) is 29.2 Å². The van der Waals surface area contributed by atoms with Crippen molar-refractivity contribution in [3.05, 3.63) is 29.8 Å². The topological polar surface area (TPSA) is 66.4 Å². The zero-order valence-electron chi connectivity index (χ0n) is 9.77. The first-order chi connectivity index (χ1) is 7.77. The Morgan fingerprint density at radius 2 is 1.94 bits per heavy atom. The van der Waals surface area contributed by atoms with Gasteiger partial charge in [0.05, 0.1) is 11.4 Å². The molecule has 1 unspecified atom stereocenters. The van der Waals surface area contributed by atoms with E-state index in [9.17, 15) is 13.5 Å². The van der Waals surface area contributed by atoms with Crippen LogP contribution < -0.4 is 4.72 Å². The van der Waals surface area contributed by atoms with E-state index >= 15 is 0 Å². The fourth-order valence-electron chi connectivity index (χ4n) is 1.09. The lowest BCUT2D eigenvalue weighted by Gasteiger charge is -2.16. The van der Waals surface area contributed by atoms with Crippen LogP contribution in [-0.2, 0) is 10.0 Å². The summed E-state index contributed by atoms with van der Waals surface area (Å²) in [6.45, 7) is 3.01. The highest BCUT2D eigenvalue weighted by molar-refractivity contribution is 7.89. The number of hydrogen-bond acceptors (Lipinski definition) is 3. The highest BCUT2D eigenvalue weighted by atomic mass is 32.2. The van der Waals surface area contributed by atoms with Crippen LogP contribution in [0.5, 0.6) is 0 Å². The Bertz CT molecular complexity index is 524. The largest absolute Gasteiger partial charge is 0.377 e. The molecule has 0 aliphatic rings. The van der Waals surface area contributed by atoms with Gasteiger partial charge in [0, 0.05) is 0 Å². The van der Waals surface area contributed by atoms with E-state index in [1.54, 1.807) is 12.1 Å². The van der Waals surface area contributed by atoms with Gasteiger partial charge in [0.25, 0.3) is 0 Å². The number of terminal acetylenes is 1. The third kappa shape index (κ3) is 3.86. The van der Waals surface area contributed by atoms with Crippen LogP contribution in [0.4, 0.5) is 0 Å². The smallest absolute Gasteiger partial charge is 0.240 e. The average molecular weight is 253 g/mol. The van der Waals surface area contributed by atoms with Crippen molar-refractivity contribution in [1.82, 2.24) is 4.72 Å². The molecular formula is C12H15NO3S. The molecule has 5 heteroatoms. The molecule has 0 heterocycles. The summed E-state index contributed by atoms with van der Waals surface area (Å²) in [6, 6.07) is 6.41. The molecular weight excluding hydrogens is 238 g/mol. The summed E-state index contributed by atoms with van der Waals surface area (Å²) < 4.78 is 25.9. The van der Waals surface area contributed by atoms with Crippen molar-refractivity contribution < 1.29 is 13.5 Å². The normalized spacial score (nSPS) is 14.9. The maximum Gasteiger partial charge on any atom is 0.240 e. The number of sulfonamides is 1. The molecule has 1 aromatic carbocycles. The molecule has 1 atom stereocenters. The minimum atomic E-state index is -3.63. The van der Waals surface area contributed by atoms with Crippen molar-refractivity contribution >= 4 is 10.0 Å². The number of aryl methyl sites for hydroxylation is 1. The summed E-state index contributed by atoms with van der Waals surface area (Å²) in [5.74, 6) is 2.10. The molecule has 0 bridgehead atoms. The van der Waals surface area contributed by atoms with E-state index in [2.05, 4.69) is 10.6 Å². The molecule has 4 nitrogen and oxygen atoms in total. The van der Waals surface area contributed by atoms with Crippen molar-refractivity contribution in [3.63, 3.8) is 0 Å². The fraction of sp³-hybridized carbons (Fsp3) is 0.333. The van der Waals surface area contributed by atoms with Gasteiger partial charge in [-0.05, 0) is 26.0 Å². The van der Waals surface area contributed by atoms with Crippen molar-refractivity contribution in [3.8, 4) is 12.3 Å². The lowest BCUT2D eigenvalue weighted by atomic mass is 10.1. The number of nitrogens with one attached hydrogen (secondary N) is 1. The second-order valence-corrected chi connectivity index (χ2v) is 5.82. The molecule has 0 radical (unpaired) electrons. The van der Waals surface area contributed by atoms with Gasteiger partial charge in [0.1, 0.15) is 5.60 Å². The van der Waals surface area contributed by atoms with Crippen molar-refractivity contribution in [1.29, 1.82) is 0 Å². The van der Waals surface area contributed by atoms with E-state index in [1.165, 1.54) is 19.1 Å². The number of hydrogen-bond donors (Lipinski definition) is 2. The SMILES string of the molecule is C#CC(C)(O)CNS(=O)(=O)c1ccc(C)cc1. The quantitative estimate of drug-likeness (QED) is 0.775. The highest BCUT2D eigenvalue weighted by Crippen LogP contribution is 2.10. The van der Waals surface area contributed by atoms with E-state index in [0.717, 1.165) is 5.56 Å². The third-order valence-corrected chi connectivity index (χ3v) is 3.67. The van der Waals surface area contributed by atoms with Gasteiger partial charge in [-0.1, -0.05) is 23.6 Å². The lowest BCUT2D eigenvalue weighted by molar-refractivity contribution is 0.127. The van der Waals surface area contributed by atoms with Gasteiger partial charge in [-0.2, -0.15) is 0 Å². The van der Waals surface area contributed by atoms with Gasteiger partial charge in [-0.15, -0.1) is 6.42 Å². The van der Waals surface area contributed by atoms with E-state index in [4.69, 9.17) is 6.42 Å². The molecule has 2 N–H and O–H groups in total. The summed E-state index contributed by atoms with van der Waals surface area (Å²) in [5, 5.41) is 9.51. The summed E-state index contributed by atoms with van der Waals surface area (Å²) in [4.78, 5) is 0.149. The zero-order chi connectivity index (χ0) is 13.1. The predicted octanol–water partition coefficient (Wildman–Crippen LogP) is 0.658. The molecule has 0 aromatic heterocycles. The monoisotopic (exact) mass is 253 g/mol. The predicted molar refractivity (Wildman–Crippen MR) is 65.8 cm³/mol. The summed E-state index contributed by atoms with van der Waals surface area (Å²) in [6.07, 6.45) is 5.06. The van der Waals surface area contributed by atoms with Gasteiger partial charge >= 0.3 is 0 Å². The summed E-state index contributed by atoms with van der Waals surface area (Å²) in [7, 11) is -3.63. The fourth-order valence-corrected chi connectivity index (χ4v) is 2.22. The molecule has 0 aliphatic carbocycles. The Kier molecular flexibility index (Phi) is 3.94. The lowest BCUT2D eigenvalue weighted by Crippen LogP contribution is -2.39. The van der Waals surface area contributed by atoms with Crippen molar-refractivity contribution in [2.75, 3.05) is 6.54 Å². The van der Waals surface area contributed by atoms with Crippen LogP contribution in [0.25, 0.3) is 0 Å². The van der Waals surface area contributed by atoms with Crippen LogP contribution >= 0.6 is 0 Å². The van der Waals surface area contributed by atoms with E-state index in [-0.39, 0.29) is 11.4 Å². The van der Waals surface area contributed by atoms with Crippen LogP contribution in [0.2, 0.25) is 0 Å². The molecule has 0 amide bonds. The van der Waals surface area contributed by atoms with Gasteiger partial charge in [0.15, 0.2) is 0 Å². The second kappa shape index (κ2) is 4.88. The molecule has 17 heavy (non-hydrogen) atoms. The first-order valence-electron chi connectivity index (χ1n) is 5.03. The Morgan fingerprint density at radius 3 is 2.41 bits per heavy atom.